The molecule has 0 unspecified atom stereocenters. The van der Waals surface area contributed by atoms with Crippen LogP contribution in [0.4, 0.5) is 0 Å². The standard InChI is InChI=1S/C40H43Cl2N5O7/c1-51-36-23(20-43-22-25-10-14-34(48)45-25)9-12-32(46-36)30-8-4-7-29(35(30)42)26-5-3-6-28-27(26)11-13-33(28)54-38-31(41)19-24(37(47-38)52-2)21-44-40(39(49)50)15-17-53-18-16-40/h3-9,12,19,25,33,43-44H,10-11,13-18,20-22H2,1-2H3,(H,45,48)(H,49,50)/t25-,33-/m0/s1. The monoisotopic (exact) mass is 775 g/mol. The molecule has 0 radical (unpaired) electrons. The van der Waals surface area contributed by atoms with Crippen molar-refractivity contribution in [1.29, 1.82) is 0 Å². The number of methoxy groups -OCH3 is 2. The number of hydrogen-bond donors (Lipinski definition) is 4. The molecule has 54 heavy (non-hydrogen) atoms. The number of pyridine rings is 2. The van der Waals surface area contributed by atoms with Crippen molar-refractivity contribution in [3.8, 4) is 40.0 Å². The highest BCUT2D eigenvalue weighted by atomic mass is 35.5. The fraction of sp³-hybridized carbons (Fsp3) is 0.400. The maximum absolute atomic E-state index is 12.1. The molecule has 0 bridgehead atoms. The molecule has 4 N–H and O–H groups in total. The topological polar surface area (TPSA) is 153 Å². The number of nitrogens with one attached hydrogen (secondary N) is 3. The predicted octanol–water partition coefficient (Wildman–Crippen LogP) is 6.29. The van der Waals surface area contributed by atoms with Gasteiger partial charge in [-0.2, -0.15) is 4.98 Å². The molecule has 3 aliphatic rings. The van der Waals surface area contributed by atoms with Gasteiger partial charge < -0.3 is 34.7 Å². The van der Waals surface area contributed by atoms with Crippen molar-refractivity contribution < 1.29 is 33.6 Å². The van der Waals surface area contributed by atoms with Crippen LogP contribution in [0.2, 0.25) is 10.0 Å². The van der Waals surface area contributed by atoms with Crippen LogP contribution >= 0.6 is 23.2 Å². The van der Waals surface area contributed by atoms with Crippen molar-refractivity contribution >= 4 is 35.1 Å². The van der Waals surface area contributed by atoms with E-state index < -0.39 is 11.5 Å². The number of ether oxygens (including phenoxy) is 4. The molecule has 14 heteroatoms. The van der Waals surface area contributed by atoms with E-state index in [9.17, 15) is 14.7 Å². The van der Waals surface area contributed by atoms with E-state index in [2.05, 4.69) is 33.1 Å². The third-order valence-corrected chi connectivity index (χ3v) is 11.2. The number of hydrogen-bond acceptors (Lipinski definition) is 10. The summed E-state index contributed by atoms with van der Waals surface area (Å²) in [5.74, 6) is 0.231. The van der Waals surface area contributed by atoms with Gasteiger partial charge >= 0.3 is 5.97 Å². The minimum Gasteiger partial charge on any atom is -0.481 e. The Morgan fingerprint density at radius 2 is 1.67 bits per heavy atom. The van der Waals surface area contributed by atoms with E-state index in [0.717, 1.165) is 46.2 Å². The van der Waals surface area contributed by atoms with E-state index in [1.54, 1.807) is 13.2 Å². The van der Waals surface area contributed by atoms with Gasteiger partial charge in [0.1, 0.15) is 16.7 Å². The van der Waals surface area contributed by atoms with Crippen molar-refractivity contribution in [3.63, 3.8) is 0 Å². The summed E-state index contributed by atoms with van der Waals surface area (Å²) in [4.78, 5) is 33.1. The van der Waals surface area contributed by atoms with E-state index in [-0.39, 0.29) is 30.5 Å². The van der Waals surface area contributed by atoms with Crippen LogP contribution in [0.1, 0.15) is 60.5 Å². The lowest BCUT2D eigenvalue weighted by Crippen LogP contribution is -2.55. The fourth-order valence-electron chi connectivity index (χ4n) is 7.54. The molecule has 4 aromatic rings. The molecule has 12 nitrogen and oxygen atoms in total. The van der Waals surface area contributed by atoms with Gasteiger partial charge in [-0.05, 0) is 60.9 Å². The van der Waals surface area contributed by atoms with Gasteiger partial charge in [-0.3, -0.25) is 14.9 Å². The fourth-order valence-corrected chi connectivity index (χ4v) is 8.08. The molecule has 0 saturated carbocycles. The predicted molar refractivity (Wildman–Crippen MR) is 204 cm³/mol. The van der Waals surface area contributed by atoms with Crippen LogP contribution in [0.3, 0.4) is 0 Å². The van der Waals surface area contributed by atoms with Crippen LogP contribution in [0.5, 0.6) is 17.6 Å². The molecular formula is C40H43Cl2N5O7. The van der Waals surface area contributed by atoms with Gasteiger partial charge in [-0.25, -0.2) is 4.98 Å². The number of amides is 1. The van der Waals surface area contributed by atoms with Crippen molar-refractivity contribution in [2.45, 2.75) is 69.3 Å². The molecule has 2 aliphatic heterocycles. The summed E-state index contributed by atoms with van der Waals surface area (Å²) in [6, 6.07) is 17.8. The van der Waals surface area contributed by atoms with Crippen LogP contribution in [-0.2, 0) is 33.8 Å². The van der Waals surface area contributed by atoms with Crippen molar-refractivity contribution in [1.82, 2.24) is 25.9 Å². The zero-order valence-electron chi connectivity index (χ0n) is 30.2. The van der Waals surface area contributed by atoms with Gasteiger partial charge in [0.15, 0.2) is 0 Å². The average molecular weight is 777 g/mol. The smallest absolute Gasteiger partial charge is 0.324 e. The van der Waals surface area contributed by atoms with E-state index in [4.69, 9.17) is 47.1 Å². The molecule has 2 atom stereocenters. The molecule has 7 rings (SSSR count). The number of aromatic nitrogens is 2. The van der Waals surface area contributed by atoms with Gasteiger partial charge in [0, 0.05) is 67.6 Å². The van der Waals surface area contributed by atoms with Gasteiger partial charge in [-0.1, -0.05) is 65.7 Å². The number of carboxylic acid groups (broad SMARTS) is 1. The minimum atomic E-state index is -1.10. The van der Waals surface area contributed by atoms with E-state index in [0.29, 0.717) is 85.0 Å². The average Bonchev–Trinajstić information content (AvgIpc) is 3.80. The van der Waals surface area contributed by atoms with Crippen LogP contribution in [-0.4, -0.2) is 72.5 Å². The highest BCUT2D eigenvalue weighted by Gasteiger charge is 2.40. The number of fused-ring (bicyclic) bond motifs is 1. The molecule has 4 heterocycles. The quantitative estimate of drug-likeness (QED) is 0.114. The number of aliphatic carboxylic acids is 1. The Bertz CT molecular complexity index is 2040. The minimum absolute atomic E-state index is 0.0954. The lowest BCUT2D eigenvalue weighted by Gasteiger charge is -2.34. The normalized spacial score (nSPS) is 18.9. The number of carboxylic acids is 1. The maximum Gasteiger partial charge on any atom is 0.324 e. The summed E-state index contributed by atoms with van der Waals surface area (Å²) >= 11 is 13.9. The molecule has 2 saturated heterocycles. The first-order valence-corrected chi connectivity index (χ1v) is 18.9. The number of carbonyl (C=O) groups is 2. The lowest BCUT2D eigenvalue weighted by atomic mass is 9.90. The number of rotatable bonds is 14. The van der Waals surface area contributed by atoms with E-state index >= 15 is 0 Å². The second kappa shape index (κ2) is 16.5. The molecule has 1 amide bonds. The van der Waals surface area contributed by atoms with E-state index in [1.165, 1.54) is 7.11 Å². The largest absolute Gasteiger partial charge is 0.481 e. The number of benzene rings is 2. The highest BCUT2D eigenvalue weighted by Crippen LogP contribution is 2.45. The Hall–Kier alpha value is -4.46. The highest BCUT2D eigenvalue weighted by molar-refractivity contribution is 6.36. The van der Waals surface area contributed by atoms with Crippen LogP contribution in [0.15, 0.2) is 54.6 Å². The lowest BCUT2D eigenvalue weighted by molar-refractivity contribution is -0.149. The molecule has 284 valence electrons. The van der Waals surface area contributed by atoms with Crippen molar-refractivity contribution in [3.05, 3.63) is 86.9 Å². The molecular weight excluding hydrogens is 733 g/mol. The van der Waals surface area contributed by atoms with Crippen molar-refractivity contribution in [2.75, 3.05) is 34.0 Å². The first-order chi connectivity index (χ1) is 26.2. The third kappa shape index (κ3) is 7.85. The summed E-state index contributed by atoms with van der Waals surface area (Å²) < 4.78 is 23.1. The summed E-state index contributed by atoms with van der Waals surface area (Å²) in [5.41, 5.74) is 5.96. The molecule has 2 fully saturated rings. The Kier molecular flexibility index (Phi) is 11.6. The summed E-state index contributed by atoms with van der Waals surface area (Å²) in [7, 11) is 3.11. The first-order valence-electron chi connectivity index (χ1n) is 18.1. The Labute approximate surface area is 323 Å². The second-order valence-corrected chi connectivity index (χ2v) is 14.6. The zero-order chi connectivity index (χ0) is 37.8. The first kappa shape index (κ1) is 37.8. The van der Waals surface area contributed by atoms with Gasteiger partial charge in [0.25, 0.3) is 0 Å². The molecule has 2 aromatic heterocycles. The second-order valence-electron chi connectivity index (χ2n) is 13.8. The number of halogens is 2. The summed E-state index contributed by atoms with van der Waals surface area (Å²) in [5, 5.41) is 20.4. The maximum atomic E-state index is 12.1. The number of nitrogens with zero attached hydrogens (tertiary/aromatic N) is 2. The zero-order valence-corrected chi connectivity index (χ0v) is 31.7. The Morgan fingerprint density at radius 1 is 0.926 bits per heavy atom. The van der Waals surface area contributed by atoms with Crippen molar-refractivity contribution in [2.24, 2.45) is 0 Å². The SMILES string of the molecule is COc1nc(-c2cccc(-c3cccc4c3CC[C@@H]4Oc3nc(OC)c(CNC4(C(=O)O)CCOCC4)cc3Cl)c2Cl)ccc1CNC[C@@H]1CCC(=O)N1. The molecule has 0 spiro atoms. The Balaban J connectivity index is 1.08. The van der Waals surface area contributed by atoms with Crippen LogP contribution in [0, 0.1) is 0 Å². The Morgan fingerprint density at radius 3 is 2.41 bits per heavy atom. The van der Waals surface area contributed by atoms with Gasteiger partial charge in [-0.15, -0.1) is 0 Å². The van der Waals surface area contributed by atoms with Gasteiger partial charge in [0.2, 0.25) is 23.5 Å². The third-order valence-electron chi connectivity index (χ3n) is 10.5. The molecule has 1 aliphatic carbocycles. The molecule has 2 aromatic carbocycles. The van der Waals surface area contributed by atoms with E-state index in [1.807, 2.05) is 36.4 Å². The summed E-state index contributed by atoms with van der Waals surface area (Å²) in [6.07, 6.45) is 3.26. The number of carbonyl (C=O) groups excluding carboxylic acids is 1. The summed E-state index contributed by atoms with van der Waals surface area (Å²) in [6.45, 7) is 2.16. The van der Waals surface area contributed by atoms with Gasteiger partial charge in [0.05, 0.1) is 24.9 Å². The van der Waals surface area contributed by atoms with Crippen LogP contribution < -0.4 is 30.2 Å². The van der Waals surface area contributed by atoms with Crippen LogP contribution in [0.25, 0.3) is 22.4 Å².